The highest BCUT2D eigenvalue weighted by Gasteiger charge is 2.25. The van der Waals surface area contributed by atoms with Crippen LogP contribution in [0.2, 0.25) is 0 Å². The van der Waals surface area contributed by atoms with E-state index in [9.17, 15) is 13.6 Å². The van der Waals surface area contributed by atoms with Crippen molar-refractivity contribution in [3.63, 3.8) is 0 Å². The number of hydrogen-bond acceptors (Lipinski definition) is 2. The Balaban J connectivity index is 1.35. The first-order valence-electron chi connectivity index (χ1n) is 10.4. The van der Waals surface area contributed by atoms with E-state index in [0.717, 1.165) is 17.4 Å². The smallest absolute Gasteiger partial charge is 0.320 e. The first-order chi connectivity index (χ1) is 14.5. The number of hydrogen-bond donors (Lipinski definition) is 1. The molecule has 2 aromatic carbocycles. The summed E-state index contributed by atoms with van der Waals surface area (Å²) in [5.41, 5.74) is 2.26. The third kappa shape index (κ3) is 4.15. The molecular formula is C23H26F2N4O. The largest absolute Gasteiger partial charge is 0.337 e. The van der Waals surface area contributed by atoms with Gasteiger partial charge in [0.2, 0.25) is 0 Å². The molecule has 1 N–H and O–H groups in total. The summed E-state index contributed by atoms with van der Waals surface area (Å²) in [5, 5.41) is 2.90. The number of likely N-dealkylation sites (tertiary alicyclic amines) is 1. The Morgan fingerprint density at radius 1 is 1.10 bits per heavy atom. The van der Waals surface area contributed by atoms with E-state index in [1.165, 1.54) is 5.56 Å². The van der Waals surface area contributed by atoms with Gasteiger partial charge in [0, 0.05) is 25.6 Å². The van der Waals surface area contributed by atoms with Crippen LogP contribution in [0.25, 0.3) is 11.0 Å². The second-order valence-electron chi connectivity index (χ2n) is 7.87. The molecule has 1 saturated heterocycles. The van der Waals surface area contributed by atoms with Crippen molar-refractivity contribution in [3.8, 4) is 0 Å². The van der Waals surface area contributed by atoms with Crippen LogP contribution >= 0.6 is 0 Å². The Bertz CT molecular complexity index is 997. The maximum absolute atomic E-state index is 13.6. The van der Waals surface area contributed by atoms with Gasteiger partial charge in [0.1, 0.15) is 5.82 Å². The molecule has 0 bridgehead atoms. The summed E-state index contributed by atoms with van der Waals surface area (Å²) in [6.45, 7) is 0.766. The van der Waals surface area contributed by atoms with Crippen molar-refractivity contribution in [2.24, 2.45) is 0 Å². The fourth-order valence-electron chi connectivity index (χ4n) is 4.20. The number of rotatable bonds is 5. The van der Waals surface area contributed by atoms with Crippen LogP contribution in [0.15, 0.2) is 54.6 Å². The third-order valence-corrected chi connectivity index (χ3v) is 5.87. The summed E-state index contributed by atoms with van der Waals surface area (Å²) in [7, 11) is 0. The number of para-hydroxylation sites is 2. The lowest BCUT2D eigenvalue weighted by molar-refractivity contribution is 0.0704. The molecule has 1 atom stereocenters. The highest BCUT2D eigenvalue weighted by atomic mass is 19.3. The molecule has 1 aliphatic heterocycles. The quantitative estimate of drug-likeness (QED) is 0.632. The molecule has 0 saturated carbocycles. The third-order valence-electron chi connectivity index (χ3n) is 5.87. The number of nitrogens with one attached hydrogen (secondary N) is 1. The molecule has 2 amide bonds. The first kappa shape index (κ1) is 20.3. The zero-order valence-corrected chi connectivity index (χ0v) is 17.0. The van der Waals surface area contributed by atoms with Crippen molar-refractivity contribution in [1.29, 1.82) is 0 Å². The maximum Gasteiger partial charge on any atom is 0.320 e. The lowest BCUT2D eigenvalue weighted by Gasteiger charge is -2.32. The minimum Gasteiger partial charge on any atom is -0.337 e. The SMILES string of the molecule is CC(CNC(=O)N1CCC(c2ccccc2)CC1)c1nc2ccccc2n1C(F)F. The van der Waals surface area contributed by atoms with Gasteiger partial charge in [-0.15, -0.1) is 0 Å². The molecule has 158 valence electrons. The van der Waals surface area contributed by atoms with Crippen molar-refractivity contribution >= 4 is 17.1 Å². The van der Waals surface area contributed by atoms with Gasteiger partial charge in [-0.25, -0.2) is 9.78 Å². The fourth-order valence-corrected chi connectivity index (χ4v) is 4.20. The molecule has 2 heterocycles. The number of nitrogens with zero attached hydrogens (tertiary/aromatic N) is 3. The van der Waals surface area contributed by atoms with E-state index >= 15 is 0 Å². The summed E-state index contributed by atoms with van der Waals surface area (Å²) in [4.78, 5) is 18.8. The molecule has 30 heavy (non-hydrogen) atoms. The van der Waals surface area contributed by atoms with Crippen molar-refractivity contribution in [3.05, 3.63) is 66.0 Å². The minimum atomic E-state index is -2.68. The van der Waals surface area contributed by atoms with Crippen LogP contribution in [0.5, 0.6) is 0 Å². The van der Waals surface area contributed by atoms with Crippen molar-refractivity contribution in [1.82, 2.24) is 19.8 Å². The molecule has 4 rings (SSSR count). The van der Waals surface area contributed by atoms with Gasteiger partial charge in [-0.1, -0.05) is 49.4 Å². The van der Waals surface area contributed by atoms with Crippen molar-refractivity contribution in [2.45, 2.75) is 38.2 Å². The van der Waals surface area contributed by atoms with Crippen LogP contribution in [0.1, 0.15) is 49.5 Å². The number of urea groups is 1. The molecule has 1 unspecified atom stereocenters. The monoisotopic (exact) mass is 412 g/mol. The van der Waals surface area contributed by atoms with Gasteiger partial charge >= 0.3 is 12.6 Å². The molecule has 1 aromatic heterocycles. The molecule has 1 aliphatic rings. The number of aromatic nitrogens is 2. The van der Waals surface area contributed by atoms with Gasteiger partial charge in [0.25, 0.3) is 0 Å². The number of carbonyl (C=O) groups is 1. The number of benzene rings is 2. The molecule has 1 fully saturated rings. The summed E-state index contributed by atoms with van der Waals surface area (Å²) < 4.78 is 28.2. The highest BCUT2D eigenvalue weighted by molar-refractivity contribution is 5.76. The summed E-state index contributed by atoms with van der Waals surface area (Å²) in [5.74, 6) is 0.423. The normalized spacial score (nSPS) is 16.2. The predicted octanol–water partition coefficient (Wildman–Crippen LogP) is 5.12. The van der Waals surface area contributed by atoms with E-state index in [1.54, 1.807) is 24.3 Å². The standard InChI is InChI=1S/C23H26F2N4O/c1-16(21-27-19-9-5-6-10-20(19)29(21)22(24)25)15-26-23(30)28-13-11-18(12-14-28)17-7-3-2-4-8-17/h2-10,16,18,22H,11-15H2,1H3,(H,26,30). The zero-order chi connectivity index (χ0) is 21.1. The number of piperidine rings is 1. The van der Waals surface area contributed by atoms with Gasteiger partial charge in [0.05, 0.1) is 11.0 Å². The van der Waals surface area contributed by atoms with Gasteiger partial charge in [-0.05, 0) is 36.5 Å². The lowest BCUT2D eigenvalue weighted by Crippen LogP contribution is -2.45. The van der Waals surface area contributed by atoms with Crippen LogP contribution in [0, 0.1) is 0 Å². The Morgan fingerprint density at radius 2 is 1.77 bits per heavy atom. The van der Waals surface area contributed by atoms with Gasteiger partial charge in [-0.2, -0.15) is 8.78 Å². The maximum atomic E-state index is 13.6. The molecule has 3 aromatic rings. The molecular weight excluding hydrogens is 386 g/mol. The number of alkyl halides is 2. The Hall–Kier alpha value is -2.96. The average Bonchev–Trinajstić information content (AvgIpc) is 3.18. The van der Waals surface area contributed by atoms with Crippen LogP contribution in [0.3, 0.4) is 0 Å². The number of imidazole rings is 1. The van der Waals surface area contributed by atoms with Crippen LogP contribution < -0.4 is 5.32 Å². The van der Waals surface area contributed by atoms with Gasteiger partial charge < -0.3 is 10.2 Å². The Kier molecular flexibility index (Phi) is 5.97. The van der Waals surface area contributed by atoms with Gasteiger partial charge in [-0.3, -0.25) is 4.57 Å². The van der Waals surface area contributed by atoms with Gasteiger partial charge in [0.15, 0.2) is 0 Å². The highest BCUT2D eigenvalue weighted by Crippen LogP contribution is 2.29. The Labute approximate surface area is 174 Å². The second-order valence-corrected chi connectivity index (χ2v) is 7.87. The molecule has 7 heteroatoms. The molecule has 0 aliphatic carbocycles. The van der Waals surface area contributed by atoms with E-state index in [0.29, 0.717) is 30.0 Å². The van der Waals surface area contributed by atoms with E-state index in [2.05, 4.69) is 22.4 Å². The number of carbonyl (C=O) groups excluding carboxylic acids is 1. The average molecular weight is 412 g/mol. The predicted molar refractivity (Wildman–Crippen MR) is 113 cm³/mol. The van der Waals surface area contributed by atoms with Crippen molar-refractivity contribution < 1.29 is 13.6 Å². The number of fused-ring (bicyclic) bond motifs is 1. The van der Waals surface area contributed by atoms with Crippen LogP contribution in [-0.2, 0) is 0 Å². The summed E-state index contributed by atoms with van der Waals surface area (Å²) in [6, 6.07) is 17.1. The summed E-state index contributed by atoms with van der Waals surface area (Å²) in [6.07, 6.45) is 1.85. The topological polar surface area (TPSA) is 50.2 Å². The Morgan fingerprint density at radius 3 is 2.47 bits per heavy atom. The summed E-state index contributed by atoms with van der Waals surface area (Å²) >= 11 is 0. The molecule has 0 radical (unpaired) electrons. The van der Waals surface area contributed by atoms with Crippen LogP contribution in [0.4, 0.5) is 13.6 Å². The van der Waals surface area contributed by atoms with E-state index in [1.807, 2.05) is 30.0 Å². The van der Waals surface area contributed by atoms with E-state index < -0.39 is 6.55 Å². The van der Waals surface area contributed by atoms with Crippen molar-refractivity contribution in [2.75, 3.05) is 19.6 Å². The first-order valence-corrected chi connectivity index (χ1v) is 10.4. The number of halogens is 2. The number of amides is 2. The second kappa shape index (κ2) is 8.81. The van der Waals surface area contributed by atoms with Crippen LogP contribution in [-0.4, -0.2) is 40.1 Å². The lowest BCUT2D eigenvalue weighted by atomic mass is 9.90. The zero-order valence-electron chi connectivity index (χ0n) is 17.0. The fraction of sp³-hybridized carbons (Fsp3) is 0.391. The molecule has 0 spiro atoms. The van der Waals surface area contributed by atoms with E-state index in [4.69, 9.17) is 0 Å². The molecule has 5 nitrogen and oxygen atoms in total. The van der Waals surface area contributed by atoms with E-state index in [-0.39, 0.29) is 24.3 Å². The minimum absolute atomic E-state index is 0.145.